The molecule has 0 fully saturated rings. The van der Waals surface area contributed by atoms with E-state index < -0.39 is 0 Å². The molecule has 1 atom stereocenters. The Morgan fingerprint density at radius 2 is 0.731 bits per heavy atom. The summed E-state index contributed by atoms with van der Waals surface area (Å²) < 4.78 is 4.96. The molecule has 0 bridgehead atoms. The zero-order valence-electron chi connectivity index (χ0n) is 59.9. The second kappa shape index (κ2) is 25.6. The summed E-state index contributed by atoms with van der Waals surface area (Å²) in [5.41, 5.74) is 26.6. The van der Waals surface area contributed by atoms with Crippen LogP contribution in [0.15, 0.2) is 326 Å². The van der Waals surface area contributed by atoms with Gasteiger partial charge >= 0.3 is 0 Å². The van der Waals surface area contributed by atoms with E-state index in [1.165, 1.54) is 139 Å². The lowest BCUT2D eigenvalue weighted by Gasteiger charge is -2.37. The fourth-order valence-electron chi connectivity index (χ4n) is 16.7. The summed E-state index contributed by atoms with van der Waals surface area (Å²) in [5.74, 6) is 0. The minimum atomic E-state index is -0.259. The third kappa shape index (κ3) is 10.8. The Labute approximate surface area is 616 Å². The van der Waals surface area contributed by atoms with Gasteiger partial charge in [0, 0.05) is 102 Å². The van der Waals surface area contributed by atoms with Crippen LogP contribution in [-0.4, -0.2) is 6.04 Å². The summed E-state index contributed by atoms with van der Waals surface area (Å²) in [4.78, 5) is 10.0. The summed E-state index contributed by atoms with van der Waals surface area (Å²) in [6.07, 6.45) is 10.2. The summed E-state index contributed by atoms with van der Waals surface area (Å²) in [6.45, 7) is 27.4. The smallest absolute Gasteiger partial charge is 0.0779 e. The number of benzene rings is 14. The average molecular weight is 1380 g/mol. The quantitative estimate of drug-likeness (QED) is 0.114. The van der Waals surface area contributed by atoms with E-state index in [1.54, 1.807) is 0 Å². The van der Waals surface area contributed by atoms with Crippen molar-refractivity contribution in [2.45, 2.75) is 67.9 Å². The Morgan fingerprint density at radius 1 is 0.337 bits per heavy atom. The van der Waals surface area contributed by atoms with Gasteiger partial charge in [0.2, 0.25) is 0 Å². The number of anilines is 10. The molecule has 0 spiro atoms. The van der Waals surface area contributed by atoms with Gasteiger partial charge in [-0.15, -0.1) is 22.7 Å². The molecule has 0 saturated carbocycles. The Hall–Kier alpha value is -11.8. The normalized spacial score (nSPS) is 14.1. The van der Waals surface area contributed by atoms with Crippen molar-refractivity contribution < 1.29 is 0 Å². The first-order chi connectivity index (χ1) is 50.7. The van der Waals surface area contributed by atoms with E-state index in [0.717, 1.165) is 80.0 Å². The van der Waals surface area contributed by atoms with Crippen LogP contribution in [0.3, 0.4) is 0 Å². The van der Waals surface area contributed by atoms with Crippen LogP contribution >= 0.6 is 22.7 Å². The van der Waals surface area contributed by atoms with Crippen molar-refractivity contribution in [1.82, 2.24) is 0 Å². The highest BCUT2D eigenvalue weighted by Crippen LogP contribution is 2.55. The van der Waals surface area contributed by atoms with E-state index in [2.05, 4.69) is 360 Å². The summed E-state index contributed by atoms with van der Waals surface area (Å²) in [5, 5.41) is 14.8. The maximum Gasteiger partial charge on any atom is 0.0779 e. The van der Waals surface area contributed by atoms with E-state index in [4.69, 9.17) is 13.2 Å². The van der Waals surface area contributed by atoms with Crippen LogP contribution in [0.5, 0.6) is 0 Å². The maximum atomic E-state index is 4.98. The molecule has 0 N–H and O–H groups in total. The van der Waals surface area contributed by atoms with Crippen molar-refractivity contribution in [2.24, 2.45) is 0 Å². The molecule has 0 amide bonds. The molecule has 16 aromatic rings. The van der Waals surface area contributed by atoms with E-state index in [1.807, 2.05) is 22.7 Å². The third-order valence-corrected chi connectivity index (χ3v) is 23.6. The van der Waals surface area contributed by atoms with Gasteiger partial charge in [-0.3, -0.25) is 0 Å². The molecule has 2 heterocycles. The van der Waals surface area contributed by atoms with Crippen LogP contribution in [-0.2, 0) is 0 Å². The topological polar surface area (TPSA) is 13.0 Å². The molecule has 0 aliphatic heterocycles. The molecule has 18 rings (SSSR count). The maximum absolute atomic E-state index is 4.98. The second-order valence-electron chi connectivity index (χ2n) is 28.8. The van der Waals surface area contributed by atoms with Gasteiger partial charge < -0.3 is 19.6 Å². The number of rotatable bonds is 13. The molecule has 0 saturated heterocycles. The number of aryl methyl sites for hydroxylation is 6. The molecular weight excluding hydrogens is 1300 g/mol. The first-order valence-corrected chi connectivity index (χ1v) is 37.7. The summed E-state index contributed by atoms with van der Waals surface area (Å²) >= 11 is 3.78. The molecule has 0 radical (unpaired) electrons. The van der Waals surface area contributed by atoms with Gasteiger partial charge in [-0.2, -0.15) is 0 Å². The zero-order chi connectivity index (χ0) is 70.8. The van der Waals surface area contributed by atoms with Crippen LogP contribution in [0.2, 0.25) is 0 Å². The van der Waals surface area contributed by atoms with Crippen LogP contribution in [0.4, 0.5) is 56.9 Å². The number of hydrogen-bond acceptors (Lipinski definition) is 6. The number of thiophene rings is 2. The van der Waals surface area contributed by atoms with E-state index in [0.29, 0.717) is 0 Å². The van der Waals surface area contributed by atoms with Gasteiger partial charge in [-0.25, -0.2) is 0 Å². The van der Waals surface area contributed by atoms with Gasteiger partial charge in [-0.05, 0) is 242 Å². The Morgan fingerprint density at radius 3 is 1.20 bits per heavy atom. The first kappa shape index (κ1) is 64.3. The number of nitrogens with zero attached hydrogens (tertiary/aromatic N) is 4. The fraction of sp³-hybridized carbons (Fsp3) is 0.102. The molecule has 2 aliphatic rings. The van der Waals surface area contributed by atoms with Crippen molar-refractivity contribution >= 4 is 169 Å². The van der Waals surface area contributed by atoms with Crippen LogP contribution in [0.1, 0.15) is 59.2 Å². The standard InChI is InChI=1S/C98H78N4S2/c1-59-25-21-30-70(48-59)99(83-42-20-11-29-64(83)6)87-55-91-95(78-38-16-12-34-74(78)87)97-80-40-18-14-36-76(80)89(57-93(97)103-91)101(72-32-23-27-61(3)50-72)85-53-69(45-44-65(85)7)82-54-86(68(10)52-66(82)8)102(73-33-24-28-62(4)51-73)90-58-94-98(81-41-19-15-37-77(81)90)96-79-39-17-13-35-75(79)88(56-92(96)104-94)100(71-31-22-26-60(2)49-71)84-46-43-63(5)47-67(84)9/h11-46,48-58,86H,9-10,47H2,1-8H3. The highest BCUT2D eigenvalue weighted by atomic mass is 32.1. The van der Waals surface area contributed by atoms with E-state index in [9.17, 15) is 0 Å². The van der Waals surface area contributed by atoms with Crippen molar-refractivity contribution in [3.63, 3.8) is 0 Å². The molecule has 104 heavy (non-hydrogen) atoms. The van der Waals surface area contributed by atoms with Crippen molar-refractivity contribution in [3.8, 4) is 0 Å². The largest absolute Gasteiger partial charge is 0.330 e. The minimum Gasteiger partial charge on any atom is -0.330 e. The lowest BCUT2D eigenvalue weighted by Crippen LogP contribution is -2.32. The third-order valence-electron chi connectivity index (χ3n) is 21.5. The molecule has 2 aromatic heterocycles. The van der Waals surface area contributed by atoms with Crippen molar-refractivity contribution in [1.29, 1.82) is 0 Å². The number of para-hydroxylation sites is 1. The van der Waals surface area contributed by atoms with Gasteiger partial charge in [-0.1, -0.05) is 207 Å². The Balaban J connectivity index is 0.807. The molecule has 4 nitrogen and oxygen atoms in total. The fourth-order valence-corrected chi connectivity index (χ4v) is 19.1. The Bertz CT molecular complexity index is 6460. The molecular formula is C98H78N4S2. The van der Waals surface area contributed by atoms with Crippen molar-refractivity contribution in [3.05, 3.63) is 365 Å². The molecule has 502 valence electrons. The highest BCUT2D eigenvalue weighted by molar-refractivity contribution is 7.26. The molecule has 1 unspecified atom stereocenters. The van der Waals surface area contributed by atoms with Gasteiger partial charge in [0.05, 0.1) is 28.8 Å². The predicted molar refractivity (Wildman–Crippen MR) is 454 cm³/mol. The van der Waals surface area contributed by atoms with E-state index >= 15 is 0 Å². The van der Waals surface area contributed by atoms with Gasteiger partial charge in [0.1, 0.15) is 0 Å². The first-order valence-electron chi connectivity index (χ1n) is 36.1. The van der Waals surface area contributed by atoms with E-state index in [-0.39, 0.29) is 6.04 Å². The number of allylic oxidation sites excluding steroid dienone is 6. The number of hydrogen-bond donors (Lipinski definition) is 0. The summed E-state index contributed by atoms with van der Waals surface area (Å²) in [7, 11) is 0. The zero-order valence-corrected chi connectivity index (χ0v) is 61.6. The minimum absolute atomic E-state index is 0.259. The predicted octanol–water partition coefficient (Wildman–Crippen LogP) is 28.9. The highest BCUT2D eigenvalue weighted by Gasteiger charge is 2.32. The lowest BCUT2D eigenvalue weighted by molar-refractivity contribution is 0.907. The second-order valence-corrected chi connectivity index (χ2v) is 30.9. The SMILES string of the molecule is C=C1CC(C)=CC=C1N(c1cccc(C)c1)c1cc2sc3cc(N(c4cccc(C)c4)C4C=C(c5ccc(C)c(N(c6cccc(C)c6)c6cc7sc8cc(N(c9cccc(C)c9)c9ccccc9C)c9ccccc9c8c7c7ccccc67)c5)C(C)=CC4=C)c4ccccc4c3c2c2ccccc12. The van der Waals surface area contributed by atoms with Crippen LogP contribution in [0, 0.1) is 41.5 Å². The summed E-state index contributed by atoms with van der Waals surface area (Å²) in [6, 6.07) is 97.7. The Kier molecular flexibility index (Phi) is 15.8. The van der Waals surface area contributed by atoms with Crippen LogP contribution in [0.25, 0.3) is 89.0 Å². The van der Waals surface area contributed by atoms with Crippen molar-refractivity contribution in [2.75, 3.05) is 19.6 Å². The lowest BCUT2D eigenvalue weighted by atomic mass is 9.86. The molecule has 6 heteroatoms. The number of fused-ring (bicyclic) bond motifs is 14. The molecule has 2 aliphatic carbocycles. The average Bonchev–Trinajstić information content (AvgIpc) is 1.53. The van der Waals surface area contributed by atoms with Gasteiger partial charge in [0.25, 0.3) is 0 Å². The van der Waals surface area contributed by atoms with Crippen LogP contribution < -0.4 is 19.6 Å². The monoisotopic (exact) mass is 1370 g/mol. The van der Waals surface area contributed by atoms with Gasteiger partial charge in [0.15, 0.2) is 0 Å². The molecule has 14 aromatic carbocycles.